The highest BCUT2D eigenvalue weighted by atomic mass is 14.2. The number of hydrogen-bond donors (Lipinski definition) is 0. The molecule has 0 aliphatic heterocycles. The molecule has 0 aromatic carbocycles. The Kier molecular flexibility index (Phi) is 16.0. The van der Waals surface area contributed by atoms with Gasteiger partial charge in [0, 0.05) is 0 Å². The second-order valence-electron chi connectivity index (χ2n) is 5.09. The molecule has 0 N–H and O–H groups in total. The molecule has 0 spiro atoms. The fourth-order valence-electron chi connectivity index (χ4n) is 2.04. The predicted octanol–water partition coefficient (Wildman–Crippen LogP) is 6.86. The summed E-state index contributed by atoms with van der Waals surface area (Å²) in [5, 5.41) is 0. The van der Waals surface area contributed by atoms with Gasteiger partial charge in [-0.05, 0) is 32.6 Å². The van der Waals surface area contributed by atoms with Crippen molar-refractivity contribution >= 4 is 0 Å². The SMILES string of the molecule is C=C.C=C(C)CC.C=C/C(=C\C)CC1CCCCC1. The molecule has 0 saturated heterocycles. The zero-order valence-corrected chi connectivity index (χ0v) is 13.5. The molecular weight excluding hydrogens is 228 g/mol. The van der Waals surface area contributed by atoms with Gasteiger partial charge in [-0.2, -0.15) is 0 Å². The van der Waals surface area contributed by atoms with Gasteiger partial charge in [-0.15, -0.1) is 19.7 Å². The van der Waals surface area contributed by atoms with E-state index in [9.17, 15) is 0 Å². The second kappa shape index (κ2) is 15.0. The largest absolute Gasteiger partial charge is 0.106 e. The molecule has 1 saturated carbocycles. The lowest BCUT2D eigenvalue weighted by atomic mass is 9.85. The topological polar surface area (TPSA) is 0 Å². The molecule has 1 aliphatic carbocycles. The molecule has 1 aliphatic rings. The van der Waals surface area contributed by atoms with Gasteiger partial charge < -0.3 is 0 Å². The Morgan fingerprint density at radius 3 is 1.95 bits per heavy atom. The van der Waals surface area contributed by atoms with Crippen LogP contribution in [0.25, 0.3) is 0 Å². The number of rotatable bonds is 4. The molecular formula is C19H34. The second-order valence-corrected chi connectivity index (χ2v) is 5.09. The van der Waals surface area contributed by atoms with Crippen molar-refractivity contribution < 1.29 is 0 Å². The van der Waals surface area contributed by atoms with Crippen LogP contribution in [0, 0.1) is 5.92 Å². The summed E-state index contributed by atoms with van der Waals surface area (Å²) in [5.74, 6) is 0.947. The lowest BCUT2D eigenvalue weighted by Crippen LogP contribution is -2.06. The van der Waals surface area contributed by atoms with Gasteiger partial charge in [0.2, 0.25) is 0 Å². The van der Waals surface area contributed by atoms with Crippen LogP contribution >= 0.6 is 0 Å². The Morgan fingerprint density at radius 2 is 1.63 bits per heavy atom. The highest BCUT2D eigenvalue weighted by Crippen LogP contribution is 2.28. The highest BCUT2D eigenvalue weighted by Gasteiger charge is 2.13. The third kappa shape index (κ3) is 13.2. The van der Waals surface area contributed by atoms with Crippen LogP contribution < -0.4 is 0 Å². The molecule has 0 atom stereocenters. The van der Waals surface area contributed by atoms with Crippen LogP contribution in [-0.4, -0.2) is 0 Å². The number of allylic oxidation sites excluding steroid dienone is 4. The summed E-state index contributed by atoms with van der Waals surface area (Å²) in [6, 6.07) is 0. The van der Waals surface area contributed by atoms with Gasteiger partial charge in [0.25, 0.3) is 0 Å². The van der Waals surface area contributed by atoms with Crippen LogP contribution in [0.4, 0.5) is 0 Å². The van der Waals surface area contributed by atoms with Gasteiger partial charge in [-0.1, -0.05) is 68.9 Å². The molecule has 1 fully saturated rings. The summed E-state index contributed by atoms with van der Waals surface area (Å²) >= 11 is 0. The molecule has 0 aromatic heterocycles. The van der Waals surface area contributed by atoms with Crippen LogP contribution in [0.3, 0.4) is 0 Å². The van der Waals surface area contributed by atoms with E-state index < -0.39 is 0 Å². The molecule has 1 rings (SSSR count). The van der Waals surface area contributed by atoms with Gasteiger partial charge >= 0.3 is 0 Å². The van der Waals surface area contributed by atoms with Crippen molar-refractivity contribution in [3.63, 3.8) is 0 Å². The van der Waals surface area contributed by atoms with Crippen LogP contribution in [0.2, 0.25) is 0 Å². The molecule has 0 heterocycles. The van der Waals surface area contributed by atoms with E-state index in [1.807, 2.05) is 13.0 Å². The summed E-state index contributed by atoms with van der Waals surface area (Å²) < 4.78 is 0. The lowest BCUT2D eigenvalue weighted by Gasteiger charge is -2.21. The maximum atomic E-state index is 3.83. The predicted molar refractivity (Wildman–Crippen MR) is 91.5 cm³/mol. The van der Waals surface area contributed by atoms with Gasteiger partial charge in [0.1, 0.15) is 0 Å². The monoisotopic (exact) mass is 262 g/mol. The first-order valence-electron chi connectivity index (χ1n) is 7.56. The van der Waals surface area contributed by atoms with E-state index in [0.717, 1.165) is 12.3 Å². The zero-order chi connectivity index (χ0) is 15.1. The van der Waals surface area contributed by atoms with E-state index in [2.05, 4.69) is 46.2 Å². The zero-order valence-electron chi connectivity index (χ0n) is 13.5. The third-order valence-corrected chi connectivity index (χ3v) is 3.49. The maximum Gasteiger partial charge on any atom is -0.0254 e. The Labute approximate surface area is 122 Å². The van der Waals surface area contributed by atoms with E-state index in [1.54, 1.807) is 0 Å². The first-order chi connectivity index (χ1) is 9.13. The van der Waals surface area contributed by atoms with Crippen LogP contribution in [0.5, 0.6) is 0 Å². The molecule has 0 aromatic rings. The first-order valence-corrected chi connectivity index (χ1v) is 7.56. The van der Waals surface area contributed by atoms with Gasteiger partial charge in [-0.3, -0.25) is 0 Å². The van der Waals surface area contributed by atoms with E-state index in [0.29, 0.717) is 0 Å². The Balaban J connectivity index is 0. The minimum Gasteiger partial charge on any atom is -0.106 e. The van der Waals surface area contributed by atoms with Gasteiger partial charge in [-0.25, -0.2) is 0 Å². The Bertz CT molecular complexity index is 251. The van der Waals surface area contributed by atoms with Crippen molar-refractivity contribution in [3.05, 3.63) is 49.6 Å². The smallest absolute Gasteiger partial charge is 0.0254 e. The average molecular weight is 262 g/mol. The van der Waals surface area contributed by atoms with Gasteiger partial charge in [0.15, 0.2) is 0 Å². The molecule has 0 unspecified atom stereocenters. The van der Waals surface area contributed by atoms with E-state index >= 15 is 0 Å². The number of hydrogen-bond acceptors (Lipinski definition) is 0. The molecule has 19 heavy (non-hydrogen) atoms. The fourth-order valence-corrected chi connectivity index (χ4v) is 2.04. The van der Waals surface area contributed by atoms with Crippen LogP contribution in [0.1, 0.15) is 65.7 Å². The standard InChI is InChI=1S/C12H20.C5H10.C2H4/c1-3-11(4-2)10-12-8-6-5-7-9-12;1-4-5(2)3;1-2/h3-4,12H,1,5-10H2,2H3;2,4H2,1,3H3;1-2H2/b11-4+;;. The Morgan fingerprint density at radius 1 is 1.16 bits per heavy atom. The highest BCUT2D eigenvalue weighted by molar-refractivity contribution is 5.15. The summed E-state index contributed by atoms with van der Waals surface area (Å²) in [4.78, 5) is 0. The quantitative estimate of drug-likeness (QED) is 0.383. The van der Waals surface area contributed by atoms with E-state index in [4.69, 9.17) is 0 Å². The molecule has 0 heteroatoms. The molecule has 0 radical (unpaired) electrons. The summed E-state index contributed by atoms with van der Waals surface area (Å²) in [6.45, 7) is 19.7. The van der Waals surface area contributed by atoms with Gasteiger partial charge in [0.05, 0.1) is 0 Å². The van der Waals surface area contributed by atoms with E-state index in [-0.39, 0.29) is 0 Å². The van der Waals surface area contributed by atoms with Crippen molar-refractivity contribution in [2.45, 2.75) is 65.7 Å². The third-order valence-electron chi connectivity index (χ3n) is 3.49. The molecule has 0 bridgehead atoms. The Hall–Kier alpha value is -1.04. The molecule has 0 amide bonds. The first kappa shape index (κ1) is 20.3. The lowest BCUT2D eigenvalue weighted by molar-refractivity contribution is 0.357. The molecule has 110 valence electrons. The maximum absolute atomic E-state index is 3.83. The van der Waals surface area contributed by atoms with Crippen molar-refractivity contribution in [2.75, 3.05) is 0 Å². The minimum absolute atomic E-state index is 0.947. The van der Waals surface area contributed by atoms with Crippen molar-refractivity contribution in [3.8, 4) is 0 Å². The summed E-state index contributed by atoms with van der Waals surface area (Å²) in [5.41, 5.74) is 2.69. The van der Waals surface area contributed by atoms with Crippen molar-refractivity contribution in [1.82, 2.24) is 0 Å². The van der Waals surface area contributed by atoms with Crippen LogP contribution in [0.15, 0.2) is 49.6 Å². The minimum atomic E-state index is 0.947. The normalized spacial score (nSPS) is 15.4. The van der Waals surface area contributed by atoms with E-state index in [1.165, 1.54) is 49.7 Å². The molecule has 0 nitrogen and oxygen atoms in total. The van der Waals surface area contributed by atoms with Crippen LogP contribution in [-0.2, 0) is 0 Å². The fraction of sp³-hybridized carbons (Fsp3) is 0.579. The summed E-state index contributed by atoms with van der Waals surface area (Å²) in [6.07, 6.45) is 13.8. The average Bonchev–Trinajstić information content (AvgIpc) is 2.48. The van der Waals surface area contributed by atoms with Crippen molar-refractivity contribution in [2.24, 2.45) is 5.92 Å². The van der Waals surface area contributed by atoms with Crippen molar-refractivity contribution in [1.29, 1.82) is 0 Å². The summed E-state index contributed by atoms with van der Waals surface area (Å²) in [7, 11) is 0.